The first kappa shape index (κ1) is 11.0. The lowest BCUT2D eigenvalue weighted by molar-refractivity contribution is -0.165. The molecule has 1 aliphatic carbocycles. The van der Waals surface area contributed by atoms with E-state index in [4.69, 9.17) is 10.5 Å². The van der Waals surface area contributed by atoms with Crippen LogP contribution in [0.2, 0.25) is 0 Å². The molecule has 1 saturated carbocycles. The number of rotatable bonds is 5. The Morgan fingerprint density at radius 3 is 2.54 bits per heavy atom. The molecule has 3 heteroatoms. The van der Waals surface area contributed by atoms with Crippen molar-refractivity contribution >= 4 is 0 Å². The van der Waals surface area contributed by atoms with Crippen LogP contribution >= 0.6 is 0 Å². The van der Waals surface area contributed by atoms with Crippen molar-refractivity contribution in [2.24, 2.45) is 11.7 Å². The first-order chi connectivity index (χ1) is 6.16. The summed E-state index contributed by atoms with van der Waals surface area (Å²) in [7, 11) is 0. The van der Waals surface area contributed by atoms with Gasteiger partial charge in [0.2, 0.25) is 0 Å². The highest BCUT2D eigenvalue weighted by atomic mass is 16.5. The molecule has 0 aromatic rings. The van der Waals surface area contributed by atoms with Gasteiger partial charge in [-0.15, -0.1) is 0 Å². The molecule has 0 aromatic heterocycles. The van der Waals surface area contributed by atoms with E-state index in [-0.39, 0.29) is 12.0 Å². The minimum absolute atomic E-state index is 0.240. The number of hydrogen-bond donors (Lipinski definition) is 2. The van der Waals surface area contributed by atoms with Gasteiger partial charge in [-0.1, -0.05) is 6.92 Å². The predicted octanol–water partition coefficient (Wildman–Crippen LogP) is 0.901. The van der Waals surface area contributed by atoms with Crippen molar-refractivity contribution < 1.29 is 9.84 Å². The van der Waals surface area contributed by atoms with Crippen LogP contribution < -0.4 is 5.73 Å². The van der Waals surface area contributed by atoms with Gasteiger partial charge in [0.05, 0.1) is 11.7 Å². The Balaban J connectivity index is 2.35. The monoisotopic (exact) mass is 187 g/mol. The molecular formula is C10H21NO2. The quantitative estimate of drug-likeness (QED) is 0.672. The van der Waals surface area contributed by atoms with E-state index in [1.54, 1.807) is 0 Å². The summed E-state index contributed by atoms with van der Waals surface area (Å²) in [6.07, 6.45) is 2.73. The van der Waals surface area contributed by atoms with E-state index >= 15 is 0 Å². The lowest BCUT2D eigenvalue weighted by atomic mass is 9.68. The van der Waals surface area contributed by atoms with Crippen molar-refractivity contribution in [3.8, 4) is 0 Å². The fourth-order valence-electron chi connectivity index (χ4n) is 2.18. The van der Waals surface area contributed by atoms with E-state index in [1.165, 1.54) is 0 Å². The van der Waals surface area contributed by atoms with Gasteiger partial charge in [0.15, 0.2) is 0 Å². The number of ether oxygens (including phenoxy) is 1. The van der Waals surface area contributed by atoms with Crippen LogP contribution in [0.4, 0.5) is 0 Å². The van der Waals surface area contributed by atoms with Gasteiger partial charge in [0, 0.05) is 19.4 Å². The molecule has 1 aliphatic rings. The summed E-state index contributed by atoms with van der Waals surface area (Å²) < 4.78 is 5.41. The van der Waals surface area contributed by atoms with E-state index in [0.717, 1.165) is 25.9 Å². The van der Waals surface area contributed by atoms with Crippen molar-refractivity contribution in [3.05, 3.63) is 0 Å². The number of aliphatic hydroxyl groups is 1. The summed E-state index contributed by atoms with van der Waals surface area (Å²) in [4.78, 5) is 0. The Bertz CT molecular complexity index is 151. The van der Waals surface area contributed by atoms with E-state index in [9.17, 15) is 5.11 Å². The normalized spacial score (nSPS) is 35.5. The van der Waals surface area contributed by atoms with Crippen LogP contribution in [-0.4, -0.2) is 30.0 Å². The molecule has 3 N–H and O–H groups in total. The maximum Gasteiger partial charge on any atom is 0.0737 e. The maximum atomic E-state index is 10.1. The van der Waals surface area contributed by atoms with E-state index < -0.39 is 5.60 Å². The van der Waals surface area contributed by atoms with Crippen molar-refractivity contribution in [3.63, 3.8) is 0 Å². The second-order valence-corrected chi connectivity index (χ2v) is 3.93. The summed E-state index contributed by atoms with van der Waals surface area (Å²) in [5, 5.41) is 10.1. The van der Waals surface area contributed by atoms with E-state index in [2.05, 4.69) is 6.92 Å². The molecule has 78 valence electrons. The second kappa shape index (κ2) is 4.40. The van der Waals surface area contributed by atoms with Crippen LogP contribution in [0.25, 0.3) is 0 Å². The lowest BCUT2D eigenvalue weighted by Crippen LogP contribution is -2.55. The summed E-state index contributed by atoms with van der Waals surface area (Å²) in [6, 6.07) is 0. The van der Waals surface area contributed by atoms with Crippen LogP contribution in [0.1, 0.15) is 33.1 Å². The molecule has 1 unspecified atom stereocenters. The number of hydrogen-bond acceptors (Lipinski definition) is 3. The molecule has 13 heavy (non-hydrogen) atoms. The third-order valence-corrected chi connectivity index (χ3v) is 3.10. The van der Waals surface area contributed by atoms with Crippen LogP contribution in [0, 0.1) is 5.92 Å². The second-order valence-electron chi connectivity index (χ2n) is 3.93. The molecule has 0 heterocycles. The van der Waals surface area contributed by atoms with Gasteiger partial charge >= 0.3 is 0 Å². The van der Waals surface area contributed by atoms with Gasteiger partial charge in [-0.3, -0.25) is 0 Å². The third kappa shape index (κ3) is 2.22. The summed E-state index contributed by atoms with van der Waals surface area (Å²) in [5.41, 5.74) is 5.06. The summed E-state index contributed by atoms with van der Waals surface area (Å²) in [6.45, 7) is 5.37. The first-order valence-electron chi connectivity index (χ1n) is 5.20. The van der Waals surface area contributed by atoms with Gasteiger partial charge < -0.3 is 15.6 Å². The Morgan fingerprint density at radius 2 is 2.15 bits per heavy atom. The molecule has 1 fully saturated rings. The highest BCUT2D eigenvalue weighted by molar-refractivity contribution is 4.99. The standard InChI is InChI=1S/C10H21NO2/c1-3-8(7-11)10(12)5-9(6-10)13-4-2/h8-9,12H,3-7,11H2,1-2H3. The summed E-state index contributed by atoms with van der Waals surface area (Å²) >= 11 is 0. The molecule has 0 spiro atoms. The molecule has 0 radical (unpaired) electrons. The largest absolute Gasteiger partial charge is 0.389 e. The van der Waals surface area contributed by atoms with Crippen LogP contribution in [0.5, 0.6) is 0 Å². The van der Waals surface area contributed by atoms with Crippen molar-refractivity contribution in [2.75, 3.05) is 13.2 Å². The molecule has 0 aromatic carbocycles. The van der Waals surface area contributed by atoms with Gasteiger partial charge in [0.1, 0.15) is 0 Å². The molecular weight excluding hydrogens is 166 g/mol. The third-order valence-electron chi connectivity index (χ3n) is 3.10. The average Bonchev–Trinajstić information content (AvgIpc) is 2.04. The van der Waals surface area contributed by atoms with Gasteiger partial charge in [0.25, 0.3) is 0 Å². The Kier molecular flexibility index (Phi) is 3.71. The van der Waals surface area contributed by atoms with Crippen LogP contribution in [0.15, 0.2) is 0 Å². The van der Waals surface area contributed by atoms with Crippen LogP contribution in [0.3, 0.4) is 0 Å². The Labute approximate surface area is 80.3 Å². The molecule has 0 aliphatic heterocycles. The lowest BCUT2D eigenvalue weighted by Gasteiger charge is -2.47. The molecule has 3 nitrogen and oxygen atoms in total. The molecule has 0 amide bonds. The highest BCUT2D eigenvalue weighted by Crippen LogP contribution is 2.41. The zero-order chi connectivity index (χ0) is 9.90. The van der Waals surface area contributed by atoms with Crippen LogP contribution in [-0.2, 0) is 4.74 Å². The Morgan fingerprint density at radius 1 is 1.54 bits per heavy atom. The zero-order valence-corrected chi connectivity index (χ0v) is 8.62. The Hall–Kier alpha value is -0.120. The molecule has 0 saturated heterocycles. The SMILES string of the molecule is CCOC1CC(O)(C(CC)CN)C1. The van der Waals surface area contributed by atoms with Crippen molar-refractivity contribution in [1.82, 2.24) is 0 Å². The van der Waals surface area contributed by atoms with Gasteiger partial charge in [-0.2, -0.15) is 0 Å². The van der Waals surface area contributed by atoms with Gasteiger partial charge in [-0.25, -0.2) is 0 Å². The minimum Gasteiger partial charge on any atom is -0.389 e. The zero-order valence-electron chi connectivity index (χ0n) is 8.62. The topological polar surface area (TPSA) is 55.5 Å². The molecule has 1 atom stereocenters. The number of nitrogens with two attached hydrogens (primary N) is 1. The molecule has 0 bridgehead atoms. The fourth-order valence-corrected chi connectivity index (χ4v) is 2.18. The fraction of sp³-hybridized carbons (Fsp3) is 1.00. The smallest absolute Gasteiger partial charge is 0.0737 e. The van der Waals surface area contributed by atoms with E-state index in [1.807, 2.05) is 6.92 Å². The van der Waals surface area contributed by atoms with Crippen molar-refractivity contribution in [1.29, 1.82) is 0 Å². The first-order valence-corrected chi connectivity index (χ1v) is 5.20. The maximum absolute atomic E-state index is 10.1. The van der Waals surface area contributed by atoms with E-state index in [0.29, 0.717) is 6.54 Å². The predicted molar refractivity (Wildman–Crippen MR) is 52.4 cm³/mol. The minimum atomic E-state index is -0.538. The highest BCUT2D eigenvalue weighted by Gasteiger charge is 2.47. The van der Waals surface area contributed by atoms with Gasteiger partial charge in [-0.05, 0) is 25.8 Å². The summed E-state index contributed by atoms with van der Waals surface area (Å²) in [5.74, 6) is 0.240. The average molecular weight is 187 g/mol. The van der Waals surface area contributed by atoms with Crippen molar-refractivity contribution in [2.45, 2.75) is 44.8 Å². The molecule has 1 rings (SSSR count).